The lowest BCUT2D eigenvalue weighted by molar-refractivity contribution is -0.0699. The maximum Gasteiger partial charge on any atom is 0.102 e. The van der Waals surface area contributed by atoms with Gasteiger partial charge < -0.3 is 10.2 Å². The first kappa shape index (κ1) is 16.3. The highest BCUT2D eigenvalue weighted by molar-refractivity contribution is 5.33. The van der Waals surface area contributed by atoms with Gasteiger partial charge in [-0.15, -0.1) is 0 Å². The number of aliphatic hydroxyl groups is 2. The molecule has 2 nitrogen and oxygen atoms in total. The molecule has 0 aromatic carbocycles. The third-order valence-corrected chi connectivity index (χ3v) is 7.03. The molecule has 3 aliphatic carbocycles. The van der Waals surface area contributed by atoms with Crippen LogP contribution < -0.4 is 0 Å². The number of allylic oxidation sites excluding steroid dienone is 3. The van der Waals surface area contributed by atoms with Crippen molar-refractivity contribution < 1.29 is 10.2 Å². The average molecular weight is 304 g/mol. The molecule has 0 radical (unpaired) electrons. The van der Waals surface area contributed by atoms with Crippen LogP contribution in [0, 0.1) is 23.2 Å². The summed E-state index contributed by atoms with van der Waals surface area (Å²) in [6.07, 6.45) is 7.83. The predicted molar refractivity (Wildman–Crippen MR) is 90.4 cm³/mol. The zero-order valence-electron chi connectivity index (χ0n) is 14.6. The monoisotopic (exact) mass is 304 g/mol. The highest BCUT2D eigenvalue weighted by atomic mass is 16.3. The van der Waals surface area contributed by atoms with Crippen molar-refractivity contribution in [3.05, 3.63) is 22.8 Å². The molecule has 0 spiro atoms. The van der Waals surface area contributed by atoms with Gasteiger partial charge in [0.2, 0.25) is 0 Å². The summed E-state index contributed by atoms with van der Waals surface area (Å²) in [7, 11) is 0. The Balaban J connectivity index is 2.09. The molecular formula is C20H32O2. The summed E-state index contributed by atoms with van der Waals surface area (Å²) in [5.41, 5.74) is 3.87. The van der Waals surface area contributed by atoms with E-state index in [0.717, 1.165) is 31.3 Å². The van der Waals surface area contributed by atoms with E-state index in [-0.39, 0.29) is 5.41 Å². The lowest BCUT2D eigenvalue weighted by Crippen LogP contribution is -2.50. The molecule has 124 valence electrons. The highest BCUT2D eigenvalue weighted by Crippen LogP contribution is 2.59. The van der Waals surface area contributed by atoms with Crippen LogP contribution in [0.25, 0.3) is 0 Å². The Bertz CT molecular complexity index is 504. The Labute approximate surface area is 135 Å². The Morgan fingerprint density at radius 3 is 2.59 bits per heavy atom. The Morgan fingerprint density at radius 1 is 1.14 bits per heavy atom. The molecule has 0 aliphatic heterocycles. The fourth-order valence-electron chi connectivity index (χ4n) is 5.49. The fourth-order valence-corrected chi connectivity index (χ4v) is 5.49. The molecule has 0 saturated heterocycles. The Hall–Kier alpha value is -0.600. The standard InChI is InChI=1S/C20H32O2/c1-12-6-5-7-13(2)15-10-11-20(4)17(15)14(3)16(9-8-12)18(21)19(20)22/h7,12,15,17-19,21-22H,5-6,8-11H2,1-4H3/b13-7-/t12-,15-,17+,18+,19-,20-/m0/s1. The summed E-state index contributed by atoms with van der Waals surface area (Å²) in [5, 5.41) is 21.6. The number of hydrogen-bond donors (Lipinski definition) is 2. The van der Waals surface area contributed by atoms with Crippen molar-refractivity contribution >= 4 is 0 Å². The van der Waals surface area contributed by atoms with Crippen molar-refractivity contribution in [1.82, 2.24) is 0 Å². The largest absolute Gasteiger partial charge is 0.389 e. The van der Waals surface area contributed by atoms with Crippen LogP contribution in [0.2, 0.25) is 0 Å². The van der Waals surface area contributed by atoms with Gasteiger partial charge in [0.15, 0.2) is 0 Å². The summed E-state index contributed by atoms with van der Waals surface area (Å²) in [5.74, 6) is 1.64. The summed E-state index contributed by atoms with van der Waals surface area (Å²) < 4.78 is 0. The van der Waals surface area contributed by atoms with Crippen LogP contribution in [0.5, 0.6) is 0 Å². The smallest absolute Gasteiger partial charge is 0.102 e. The van der Waals surface area contributed by atoms with Crippen LogP contribution in [-0.4, -0.2) is 22.4 Å². The van der Waals surface area contributed by atoms with E-state index < -0.39 is 12.2 Å². The van der Waals surface area contributed by atoms with Crippen molar-refractivity contribution in [1.29, 1.82) is 0 Å². The van der Waals surface area contributed by atoms with Crippen LogP contribution in [0.1, 0.15) is 66.2 Å². The maximum absolute atomic E-state index is 10.8. The van der Waals surface area contributed by atoms with Crippen LogP contribution in [-0.2, 0) is 0 Å². The topological polar surface area (TPSA) is 40.5 Å². The van der Waals surface area contributed by atoms with Gasteiger partial charge in [-0.3, -0.25) is 0 Å². The van der Waals surface area contributed by atoms with E-state index in [0.29, 0.717) is 17.8 Å². The van der Waals surface area contributed by atoms with Crippen LogP contribution in [0.3, 0.4) is 0 Å². The van der Waals surface area contributed by atoms with Gasteiger partial charge in [-0.05, 0) is 75.7 Å². The molecule has 0 unspecified atom stereocenters. The first-order valence-electron chi connectivity index (χ1n) is 9.08. The highest BCUT2D eigenvalue weighted by Gasteiger charge is 2.55. The molecule has 22 heavy (non-hydrogen) atoms. The molecule has 1 fully saturated rings. The lowest BCUT2D eigenvalue weighted by Gasteiger charge is -2.47. The molecule has 2 N–H and O–H groups in total. The Kier molecular flexibility index (Phi) is 4.28. The van der Waals surface area contributed by atoms with E-state index in [1.807, 2.05) is 0 Å². The molecule has 1 saturated carbocycles. The van der Waals surface area contributed by atoms with Gasteiger partial charge in [0.1, 0.15) is 6.10 Å². The first-order chi connectivity index (χ1) is 10.4. The van der Waals surface area contributed by atoms with Gasteiger partial charge in [0, 0.05) is 5.41 Å². The quantitative estimate of drug-likeness (QED) is 0.658. The molecule has 6 atom stereocenters. The summed E-state index contributed by atoms with van der Waals surface area (Å²) >= 11 is 0. The minimum Gasteiger partial charge on any atom is -0.389 e. The van der Waals surface area contributed by atoms with E-state index in [4.69, 9.17) is 0 Å². The molecular weight excluding hydrogens is 272 g/mol. The van der Waals surface area contributed by atoms with E-state index in [1.54, 1.807) is 0 Å². The second-order valence-electron chi connectivity index (χ2n) is 8.40. The second kappa shape index (κ2) is 5.79. The third-order valence-electron chi connectivity index (χ3n) is 7.03. The predicted octanol–water partition coefficient (Wildman–Crippen LogP) is 4.23. The average Bonchev–Trinajstić information content (AvgIpc) is 2.83. The molecule has 0 amide bonds. The van der Waals surface area contributed by atoms with Gasteiger partial charge in [-0.25, -0.2) is 0 Å². The van der Waals surface area contributed by atoms with E-state index in [2.05, 4.69) is 33.8 Å². The van der Waals surface area contributed by atoms with Crippen LogP contribution in [0.4, 0.5) is 0 Å². The van der Waals surface area contributed by atoms with E-state index in [1.165, 1.54) is 24.0 Å². The van der Waals surface area contributed by atoms with Gasteiger partial charge in [-0.1, -0.05) is 31.1 Å². The molecule has 0 aromatic rings. The van der Waals surface area contributed by atoms with Crippen molar-refractivity contribution in [2.75, 3.05) is 0 Å². The zero-order chi connectivity index (χ0) is 16.1. The molecule has 2 bridgehead atoms. The molecule has 2 heteroatoms. The summed E-state index contributed by atoms with van der Waals surface area (Å²) in [6.45, 7) is 9.01. The lowest BCUT2D eigenvalue weighted by atomic mass is 9.61. The minimum atomic E-state index is -0.655. The molecule has 3 rings (SSSR count). The van der Waals surface area contributed by atoms with Crippen molar-refractivity contribution in [3.8, 4) is 0 Å². The SMILES string of the molecule is CC1=C2CC[C@@H](C)CC/C=C(/C)[C@@H]3CC[C@@](C)([C@H]13)[C@@H](O)[C@@H]2O. The van der Waals surface area contributed by atoms with Gasteiger partial charge in [0.05, 0.1) is 6.10 Å². The number of aliphatic hydroxyl groups excluding tert-OH is 2. The van der Waals surface area contributed by atoms with Crippen LogP contribution in [0.15, 0.2) is 22.8 Å². The molecule has 3 aliphatic rings. The third kappa shape index (κ3) is 2.39. The zero-order valence-corrected chi connectivity index (χ0v) is 14.6. The Morgan fingerprint density at radius 2 is 1.86 bits per heavy atom. The van der Waals surface area contributed by atoms with Crippen molar-refractivity contribution in [3.63, 3.8) is 0 Å². The summed E-state index contributed by atoms with van der Waals surface area (Å²) in [6, 6.07) is 0. The molecule has 0 heterocycles. The number of rotatable bonds is 0. The van der Waals surface area contributed by atoms with Crippen molar-refractivity contribution in [2.24, 2.45) is 23.2 Å². The summed E-state index contributed by atoms with van der Waals surface area (Å²) in [4.78, 5) is 0. The van der Waals surface area contributed by atoms with Crippen LogP contribution >= 0.6 is 0 Å². The number of hydrogen-bond acceptors (Lipinski definition) is 2. The van der Waals surface area contributed by atoms with E-state index >= 15 is 0 Å². The van der Waals surface area contributed by atoms with Gasteiger partial charge in [0.25, 0.3) is 0 Å². The maximum atomic E-state index is 10.8. The fraction of sp³-hybridized carbons (Fsp3) is 0.800. The first-order valence-corrected chi connectivity index (χ1v) is 9.08. The molecule has 0 aromatic heterocycles. The van der Waals surface area contributed by atoms with Gasteiger partial charge >= 0.3 is 0 Å². The van der Waals surface area contributed by atoms with Crippen molar-refractivity contribution in [2.45, 2.75) is 78.4 Å². The van der Waals surface area contributed by atoms with E-state index in [9.17, 15) is 10.2 Å². The normalized spacial score (nSPS) is 48.6. The second-order valence-corrected chi connectivity index (χ2v) is 8.40. The minimum absolute atomic E-state index is 0.160. The van der Waals surface area contributed by atoms with Gasteiger partial charge in [-0.2, -0.15) is 0 Å².